The Morgan fingerprint density at radius 1 is 1.07 bits per heavy atom. The van der Waals surface area contributed by atoms with Crippen LogP contribution in [-0.2, 0) is 26.3 Å². The van der Waals surface area contributed by atoms with Gasteiger partial charge in [0.2, 0.25) is 0 Å². The summed E-state index contributed by atoms with van der Waals surface area (Å²) in [5.74, 6) is -2.68. The predicted molar refractivity (Wildman–Crippen MR) is 156 cm³/mol. The van der Waals surface area contributed by atoms with Gasteiger partial charge >= 0.3 is 18.1 Å². The van der Waals surface area contributed by atoms with Crippen molar-refractivity contribution in [1.29, 1.82) is 5.41 Å². The van der Waals surface area contributed by atoms with E-state index in [9.17, 15) is 27.6 Å². The zero-order valence-electron chi connectivity index (χ0n) is 25.2. The molecule has 2 fully saturated rings. The van der Waals surface area contributed by atoms with Crippen LogP contribution in [0.1, 0.15) is 98.1 Å². The van der Waals surface area contributed by atoms with E-state index in [1.165, 1.54) is 0 Å². The molecule has 0 amide bonds. The maximum absolute atomic E-state index is 13.8. The van der Waals surface area contributed by atoms with Gasteiger partial charge in [0.25, 0.3) is 0 Å². The fourth-order valence-corrected chi connectivity index (χ4v) is 5.56. The first-order valence-electron chi connectivity index (χ1n) is 15.0. The summed E-state index contributed by atoms with van der Waals surface area (Å²) in [6.07, 6.45) is -1.46. The van der Waals surface area contributed by atoms with Crippen LogP contribution in [0.2, 0.25) is 0 Å². The van der Waals surface area contributed by atoms with Gasteiger partial charge in [-0.25, -0.2) is 9.78 Å². The van der Waals surface area contributed by atoms with Crippen molar-refractivity contribution in [2.24, 2.45) is 0 Å². The maximum Gasteiger partial charge on any atom is 0.491 e. The number of amidine groups is 1. The number of pyridine rings is 1. The number of nitrogens with one attached hydrogen (secondary N) is 1. The molecule has 236 valence electrons. The first kappa shape index (κ1) is 31.5. The lowest BCUT2D eigenvalue weighted by atomic mass is 9.84. The second-order valence-corrected chi connectivity index (χ2v) is 12.7. The van der Waals surface area contributed by atoms with Gasteiger partial charge in [0, 0.05) is 54.4 Å². The number of halogens is 3. The number of esters is 2. The van der Waals surface area contributed by atoms with E-state index in [1.807, 2.05) is 45.0 Å². The molecule has 5 rings (SSSR count). The van der Waals surface area contributed by atoms with E-state index in [0.717, 1.165) is 61.3 Å². The van der Waals surface area contributed by atoms with E-state index in [4.69, 9.17) is 15.1 Å². The number of fused-ring (bicyclic) bond motifs is 1. The van der Waals surface area contributed by atoms with Crippen LogP contribution in [0.4, 0.5) is 18.9 Å². The van der Waals surface area contributed by atoms with Crippen molar-refractivity contribution in [1.82, 2.24) is 9.88 Å². The predicted octanol–water partition coefficient (Wildman–Crippen LogP) is 5.67. The molecule has 0 atom stereocenters. The number of benzene rings is 1. The number of anilines is 1. The third-order valence-electron chi connectivity index (χ3n) is 8.09. The van der Waals surface area contributed by atoms with Crippen molar-refractivity contribution in [3.8, 4) is 5.75 Å². The highest BCUT2D eigenvalue weighted by molar-refractivity contribution is 6.05. The summed E-state index contributed by atoms with van der Waals surface area (Å²) in [6, 6.07) is 7.66. The van der Waals surface area contributed by atoms with E-state index < -0.39 is 30.0 Å². The molecule has 44 heavy (non-hydrogen) atoms. The highest BCUT2D eigenvalue weighted by Gasteiger charge is 2.42. The molecular weight excluding hydrogens is 577 g/mol. The number of rotatable bonds is 10. The molecule has 3 aliphatic rings. The molecule has 0 bridgehead atoms. The average molecular weight is 615 g/mol. The Labute approximate surface area is 254 Å². The van der Waals surface area contributed by atoms with Gasteiger partial charge in [-0.15, -0.1) is 0 Å². The summed E-state index contributed by atoms with van der Waals surface area (Å²) in [4.78, 5) is 45.1. The SMILES string of the molecule is CC(C)(C)c1cc(C(=O)CN2Cc3ccc(C4CC4)nc3C2=N)cc(N2CCCC2)c1OCCCC(=O)OC(=O)C(F)(F)F. The summed E-state index contributed by atoms with van der Waals surface area (Å²) in [5.41, 5.74) is 4.15. The molecule has 2 aliphatic heterocycles. The maximum atomic E-state index is 13.8. The average Bonchev–Trinajstić information content (AvgIpc) is 3.57. The second-order valence-electron chi connectivity index (χ2n) is 12.7. The molecular formula is C32H37F3N4O5. The van der Waals surface area contributed by atoms with Crippen molar-refractivity contribution in [3.05, 3.63) is 52.3 Å². The standard InChI is InChI=1S/C32H37F3N4O5/c1-31(2,3)22-15-21(25(40)18-39-17-20-10-11-23(19-8-9-19)37-27(20)29(39)36)16-24(38-12-4-5-13-38)28(22)43-14-6-7-26(41)44-30(42)32(33,34)35/h10-11,15-16,19,36H,4-9,12-14,17-18H2,1-3H3. The topological polar surface area (TPSA) is 113 Å². The smallest absolute Gasteiger partial charge is 0.491 e. The zero-order chi connectivity index (χ0) is 31.8. The number of aromatic nitrogens is 1. The van der Waals surface area contributed by atoms with E-state index >= 15 is 0 Å². The van der Waals surface area contributed by atoms with E-state index in [2.05, 4.69) is 9.64 Å². The van der Waals surface area contributed by atoms with Crippen molar-refractivity contribution in [2.75, 3.05) is 31.1 Å². The van der Waals surface area contributed by atoms with Gasteiger partial charge in [0.05, 0.1) is 18.8 Å². The lowest BCUT2D eigenvalue weighted by Crippen LogP contribution is -2.31. The molecule has 9 nitrogen and oxygen atoms in total. The first-order chi connectivity index (χ1) is 20.7. The molecule has 1 saturated carbocycles. The molecule has 1 N–H and O–H groups in total. The number of Topliss-reactive ketones (excluding diaryl/α,β-unsaturated/α-hetero) is 1. The molecule has 1 aliphatic carbocycles. The Balaban J connectivity index is 1.33. The zero-order valence-corrected chi connectivity index (χ0v) is 25.2. The van der Waals surface area contributed by atoms with E-state index in [0.29, 0.717) is 29.5 Å². The Hall–Kier alpha value is -3.96. The number of hydrogen-bond acceptors (Lipinski definition) is 8. The van der Waals surface area contributed by atoms with Crippen LogP contribution in [0.3, 0.4) is 0 Å². The van der Waals surface area contributed by atoms with Gasteiger partial charge in [-0.05, 0) is 55.7 Å². The Morgan fingerprint density at radius 2 is 1.77 bits per heavy atom. The van der Waals surface area contributed by atoms with Gasteiger partial charge in [0.1, 0.15) is 17.3 Å². The van der Waals surface area contributed by atoms with Crippen LogP contribution in [0.25, 0.3) is 0 Å². The van der Waals surface area contributed by atoms with Crippen molar-refractivity contribution < 1.29 is 37.0 Å². The lowest BCUT2D eigenvalue weighted by molar-refractivity contribution is -0.201. The minimum Gasteiger partial charge on any atom is -0.491 e. The van der Waals surface area contributed by atoms with E-state index in [1.54, 1.807) is 4.90 Å². The summed E-state index contributed by atoms with van der Waals surface area (Å²) >= 11 is 0. The molecule has 1 saturated heterocycles. The number of ether oxygens (including phenoxy) is 2. The largest absolute Gasteiger partial charge is 0.491 e. The fraction of sp³-hybridized carbons (Fsp3) is 0.531. The minimum absolute atomic E-state index is 0.00837. The number of hydrogen-bond donors (Lipinski definition) is 1. The molecule has 1 aromatic carbocycles. The summed E-state index contributed by atoms with van der Waals surface area (Å²) in [7, 11) is 0. The van der Waals surface area contributed by atoms with Crippen molar-refractivity contribution in [2.45, 2.75) is 83.4 Å². The van der Waals surface area contributed by atoms with Crippen LogP contribution >= 0.6 is 0 Å². The van der Waals surface area contributed by atoms with Gasteiger partial charge in [-0.3, -0.25) is 15.0 Å². The molecule has 1 aromatic heterocycles. The highest BCUT2D eigenvalue weighted by Crippen LogP contribution is 2.42. The monoisotopic (exact) mass is 614 g/mol. The second kappa shape index (κ2) is 12.2. The number of carbonyl (C=O) groups is 3. The molecule has 0 spiro atoms. The summed E-state index contributed by atoms with van der Waals surface area (Å²) in [5, 5.41) is 8.72. The van der Waals surface area contributed by atoms with Gasteiger partial charge < -0.3 is 19.3 Å². The molecule has 0 radical (unpaired) electrons. The highest BCUT2D eigenvalue weighted by atomic mass is 19.4. The van der Waals surface area contributed by atoms with Crippen LogP contribution in [0, 0.1) is 5.41 Å². The number of carbonyl (C=O) groups excluding carboxylic acids is 3. The van der Waals surface area contributed by atoms with Crippen LogP contribution < -0.4 is 9.64 Å². The number of alkyl halides is 3. The Morgan fingerprint density at radius 3 is 2.41 bits per heavy atom. The first-order valence-corrected chi connectivity index (χ1v) is 15.0. The van der Waals surface area contributed by atoms with Gasteiger partial charge in [0.15, 0.2) is 5.78 Å². The van der Waals surface area contributed by atoms with Crippen molar-refractivity contribution >= 4 is 29.2 Å². The number of ketones is 1. The Kier molecular flexibility index (Phi) is 8.73. The van der Waals surface area contributed by atoms with Gasteiger partial charge in [-0.1, -0.05) is 26.8 Å². The molecule has 12 heteroatoms. The van der Waals surface area contributed by atoms with Gasteiger partial charge in [-0.2, -0.15) is 13.2 Å². The lowest BCUT2D eigenvalue weighted by Gasteiger charge is -2.30. The summed E-state index contributed by atoms with van der Waals surface area (Å²) < 4.78 is 47.2. The molecule has 0 unspecified atom stereocenters. The normalized spacial score (nSPS) is 16.7. The van der Waals surface area contributed by atoms with Crippen LogP contribution in [0.5, 0.6) is 5.75 Å². The fourth-order valence-electron chi connectivity index (χ4n) is 5.56. The third kappa shape index (κ3) is 7.05. The van der Waals surface area contributed by atoms with Crippen molar-refractivity contribution in [3.63, 3.8) is 0 Å². The third-order valence-corrected chi connectivity index (χ3v) is 8.09. The number of nitrogens with zero attached hydrogens (tertiary/aromatic N) is 3. The minimum atomic E-state index is -5.24. The van der Waals surface area contributed by atoms with E-state index in [-0.39, 0.29) is 31.2 Å². The quantitative estimate of drug-likeness (QED) is 0.158. The Bertz CT molecular complexity index is 1470. The molecule has 3 heterocycles. The molecule has 2 aromatic rings. The summed E-state index contributed by atoms with van der Waals surface area (Å²) in [6.45, 7) is 7.98. The van der Waals surface area contributed by atoms with Crippen LogP contribution in [0.15, 0.2) is 24.3 Å². The van der Waals surface area contributed by atoms with Crippen LogP contribution in [-0.4, -0.2) is 65.9 Å².